The molecule has 0 saturated carbocycles. The molecule has 36 heavy (non-hydrogen) atoms. The molecule has 0 radical (unpaired) electrons. The summed E-state index contributed by atoms with van der Waals surface area (Å²) < 4.78 is 0. The SMILES string of the molecule is CC[C@H](C)NC(=O)[C@@H](Cc1ccccc1)N(Cc1ccc(Cl)cc1)C(=O)CCSc1ccc(Cl)cc1. The number of nitrogens with zero attached hydrogens (tertiary/aromatic N) is 1. The highest BCUT2D eigenvalue weighted by Gasteiger charge is 2.30. The number of carbonyl (C=O) groups excluding carboxylic acids is 2. The predicted molar refractivity (Wildman–Crippen MR) is 151 cm³/mol. The average Bonchev–Trinajstić information content (AvgIpc) is 2.88. The Bertz CT molecular complexity index is 1110. The summed E-state index contributed by atoms with van der Waals surface area (Å²) in [6, 6.07) is 24.2. The van der Waals surface area contributed by atoms with Crippen molar-refractivity contribution in [1.82, 2.24) is 10.2 Å². The number of hydrogen-bond donors (Lipinski definition) is 1. The number of carbonyl (C=O) groups is 2. The summed E-state index contributed by atoms with van der Waals surface area (Å²) >= 11 is 13.7. The van der Waals surface area contributed by atoms with Crippen molar-refractivity contribution in [2.24, 2.45) is 0 Å². The number of halogens is 2. The zero-order valence-corrected chi connectivity index (χ0v) is 23.0. The van der Waals surface area contributed by atoms with E-state index in [2.05, 4.69) is 5.32 Å². The van der Waals surface area contributed by atoms with E-state index in [1.165, 1.54) is 0 Å². The highest BCUT2D eigenvalue weighted by atomic mass is 35.5. The van der Waals surface area contributed by atoms with Crippen LogP contribution >= 0.6 is 35.0 Å². The lowest BCUT2D eigenvalue weighted by molar-refractivity contribution is -0.141. The molecule has 0 aliphatic heterocycles. The molecular weight excluding hydrogens is 511 g/mol. The molecule has 7 heteroatoms. The molecule has 3 rings (SSSR count). The lowest BCUT2D eigenvalue weighted by atomic mass is 10.0. The summed E-state index contributed by atoms with van der Waals surface area (Å²) in [5.41, 5.74) is 1.93. The molecule has 0 bridgehead atoms. The van der Waals surface area contributed by atoms with Gasteiger partial charge in [0, 0.05) is 46.1 Å². The summed E-state index contributed by atoms with van der Waals surface area (Å²) in [5.74, 6) is 0.398. The summed E-state index contributed by atoms with van der Waals surface area (Å²) in [6.45, 7) is 4.33. The quantitative estimate of drug-likeness (QED) is 0.250. The van der Waals surface area contributed by atoms with Crippen LogP contribution in [0.2, 0.25) is 10.0 Å². The van der Waals surface area contributed by atoms with Crippen molar-refractivity contribution in [2.45, 2.75) is 56.6 Å². The fourth-order valence-electron chi connectivity index (χ4n) is 3.71. The van der Waals surface area contributed by atoms with Crippen LogP contribution in [0.3, 0.4) is 0 Å². The van der Waals surface area contributed by atoms with Gasteiger partial charge in [0.1, 0.15) is 6.04 Å². The Kier molecular flexibility index (Phi) is 11.2. The van der Waals surface area contributed by atoms with Gasteiger partial charge in [-0.15, -0.1) is 11.8 Å². The molecule has 0 aromatic heterocycles. The van der Waals surface area contributed by atoms with Crippen molar-refractivity contribution in [3.63, 3.8) is 0 Å². The Hall–Kier alpha value is -2.47. The maximum Gasteiger partial charge on any atom is 0.243 e. The molecule has 0 fully saturated rings. The average molecular weight is 544 g/mol. The minimum absolute atomic E-state index is 0.0173. The van der Waals surface area contributed by atoms with Crippen LogP contribution in [0.25, 0.3) is 0 Å². The molecular formula is C29H32Cl2N2O2S. The molecule has 0 heterocycles. The van der Waals surface area contributed by atoms with Crippen LogP contribution in [0.1, 0.15) is 37.8 Å². The van der Waals surface area contributed by atoms with Gasteiger partial charge in [-0.2, -0.15) is 0 Å². The van der Waals surface area contributed by atoms with E-state index in [1.54, 1.807) is 28.8 Å². The van der Waals surface area contributed by atoms with E-state index in [4.69, 9.17) is 23.2 Å². The van der Waals surface area contributed by atoms with Crippen LogP contribution in [-0.2, 0) is 22.6 Å². The van der Waals surface area contributed by atoms with Gasteiger partial charge in [0.15, 0.2) is 0 Å². The third-order valence-corrected chi connectivity index (χ3v) is 7.45. The molecule has 0 aliphatic rings. The third-order valence-electron chi connectivity index (χ3n) is 5.94. The van der Waals surface area contributed by atoms with Crippen LogP contribution in [-0.4, -0.2) is 34.6 Å². The molecule has 1 N–H and O–H groups in total. The van der Waals surface area contributed by atoms with Crippen LogP contribution in [0.4, 0.5) is 0 Å². The lowest BCUT2D eigenvalue weighted by Crippen LogP contribution is -2.52. The largest absolute Gasteiger partial charge is 0.352 e. The highest BCUT2D eigenvalue weighted by Crippen LogP contribution is 2.23. The van der Waals surface area contributed by atoms with E-state index in [0.717, 1.165) is 22.4 Å². The van der Waals surface area contributed by atoms with Crippen molar-refractivity contribution < 1.29 is 9.59 Å². The summed E-state index contributed by atoms with van der Waals surface area (Å²) in [5, 5.41) is 4.41. The monoisotopic (exact) mass is 542 g/mol. The first-order chi connectivity index (χ1) is 17.4. The van der Waals surface area contributed by atoms with Crippen molar-refractivity contribution in [2.75, 3.05) is 5.75 Å². The zero-order chi connectivity index (χ0) is 25.9. The van der Waals surface area contributed by atoms with Crippen LogP contribution in [0.15, 0.2) is 83.8 Å². The Morgan fingerprint density at radius 1 is 0.889 bits per heavy atom. The van der Waals surface area contributed by atoms with Crippen LogP contribution < -0.4 is 5.32 Å². The smallest absolute Gasteiger partial charge is 0.243 e. The molecule has 0 spiro atoms. The molecule has 4 nitrogen and oxygen atoms in total. The first kappa shape index (κ1) is 28.1. The normalized spacial score (nSPS) is 12.6. The maximum absolute atomic E-state index is 13.6. The fraction of sp³-hybridized carbons (Fsp3) is 0.310. The molecule has 2 atom stereocenters. The molecule has 190 valence electrons. The minimum atomic E-state index is -0.634. The third kappa shape index (κ3) is 8.88. The summed E-state index contributed by atoms with van der Waals surface area (Å²) in [7, 11) is 0. The lowest BCUT2D eigenvalue weighted by Gasteiger charge is -2.32. The van der Waals surface area contributed by atoms with E-state index in [9.17, 15) is 9.59 Å². The Morgan fingerprint density at radius 3 is 2.11 bits per heavy atom. The first-order valence-corrected chi connectivity index (χ1v) is 13.9. The van der Waals surface area contributed by atoms with Gasteiger partial charge in [-0.1, -0.05) is 72.6 Å². The fourth-order valence-corrected chi connectivity index (χ4v) is 4.81. The number of benzene rings is 3. The van der Waals surface area contributed by atoms with Crippen LogP contribution in [0.5, 0.6) is 0 Å². The van der Waals surface area contributed by atoms with Crippen molar-refractivity contribution >= 4 is 46.8 Å². The topological polar surface area (TPSA) is 49.4 Å². The van der Waals surface area contributed by atoms with Crippen molar-refractivity contribution in [3.8, 4) is 0 Å². The van der Waals surface area contributed by atoms with E-state index < -0.39 is 6.04 Å². The van der Waals surface area contributed by atoms with Gasteiger partial charge in [0.2, 0.25) is 11.8 Å². The molecule has 2 amide bonds. The number of thioether (sulfide) groups is 1. The van der Waals surface area contributed by atoms with Gasteiger partial charge < -0.3 is 10.2 Å². The van der Waals surface area contributed by atoms with E-state index in [1.807, 2.05) is 80.6 Å². The summed E-state index contributed by atoms with van der Waals surface area (Å²) in [4.78, 5) is 29.9. The first-order valence-electron chi connectivity index (χ1n) is 12.1. The van der Waals surface area contributed by atoms with Gasteiger partial charge in [0.25, 0.3) is 0 Å². The molecule has 0 unspecified atom stereocenters. The summed E-state index contributed by atoms with van der Waals surface area (Å²) in [6.07, 6.45) is 1.56. The van der Waals surface area contributed by atoms with E-state index >= 15 is 0 Å². The Balaban J connectivity index is 1.84. The van der Waals surface area contributed by atoms with Crippen molar-refractivity contribution in [3.05, 3.63) is 100 Å². The van der Waals surface area contributed by atoms with E-state index in [-0.39, 0.29) is 17.9 Å². The van der Waals surface area contributed by atoms with Gasteiger partial charge in [0.05, 0.1) is 0 Å². The minimum Gasteiger partial charge on any atom is -0.352 e. The predicted octanol–water partition coefficient (Wildman–Crippen LogP) is 7.03. The standard InChI is InChI=1S/C29H32Cl2N2O2S/c1-3-21(2)32-29(35)27(19-22-7-5-4-6-8-22)33(20-23-9-11-24(30)12-10-23)28(34)17-18-36-26-15-13-25(31)14-16-26/h4-16,21,27H,3,17-20H2,1-2H3,(H,32,35)/t21-,27+/m0/s1. The molecule has 3 aromatic carbocycles. The van der Waals surface area contributed by atoms with Gasteiger partial charge in [-0.05, 0) is 60.9 Å². The number of hydrogen-bond acceptors (Lipinski definition) is 3. The van der Waals surface area contributed by atoms with Gasteiger partial charge >= 0.3 is 0 Å². The Labute approximate surface area is 228 Å². The highest BCUT2D eigenvalue weighted by molar-refractivity contribution is 7.99. The van der Waals surface area contributed by atoms with Crippen molar-refractivity contribution in [1.29, 1.82) is 0 Å². The van der Waals surface area contributed by atoms with Crippen LogP contribution in [0, 0.1) is 0 Å². The zero-order valence-electron chi connectivity index (χ0n) is 20.6. The molecule has 0 saturated heterocycles. The maximum atomic E-state index is 13.6. The molecule has 3 aromatic rings. The second kappa shape index (κ2) is 14.3. The second-order valence-corrected chi connectivity index (χ2v) is 10.8. The number of nitrogens with one attached hydrogen (secondary N) is 1. The number of rotatable bonds is 12. The van der Waals surface area contributed by atoms with E-state index in [0.29, 0.717) is 35.2 Å². The van der Waals surface area contributed by atoms with Gasteiger partial charge in [-0.25, -0.2) is 0 Å². The van der Waals surface area contributed by atoms with Gasteiger partial charge in [-0.3, -0.25) is 9.59 Å². The molecule has 0 aliphatic carbocycles. The Morgan fingerprint density at radius 2 is 1.50 bits per heavy atom. The number of amides is 2. The second-order valence-electron chi connectivity index (χ2n) is 8.72.